The summed E-state index contributed by atoms with van der Waals surface area (Å²) in [5, 5.41) is 32.4. The minimum atomic E-state index is -0.753. The second-order valence-corrected chi connectivity index (χ2v) is 6.87. The van der Waals surface area contributed by atoms with Crippen molar-refractivity contribution >= 4 is 23.4 Å². The first-order valence-electron chi connectivity index (χ1n) is 9.55. The number of nitro groups is 1. The predicted octanol–water partition coefficient (Wildman–Crippen LogP) is 4.73. The van der Waals surface area contributed by atoms with E-state index in [0.29, 0.717) is 17.9 Å². The summed E-state index contributed by atoms with van der Waals surface area (Å²) in [5.41, 5.74) is 2.26. The van der Waals surface area contributed by atoms with E-state index in [1.165, 1.54) is 12.1 Å². The number of aryl methyl sites for hydroxylation is 1. The fraction of sp³-hybridized carbons (Fsp3) is 0.0833. The van der Waals surface area contributed by atoms with E-state index in [9.17, 15) is 25.3 Å². The minimum Gasteiger partial charge on any atom is -0.506 e. The van der Waals surface area contributed by atoms with Crippen LogP contribution in [0.2, 0.25) is 0 Å². The Hall–Kier alpha value is -4.64. The summed E-state index contributed by atoms with van der Waals surface area (Å²) in [6.07, 6.45) is 1.39. The van der Waals surface area contributed by atoms with Crippen LogP contribution in [0.1, 0.15) is 16.7 Å². The summed E-state index contributed by atoms with van der Waals surface area (Å²) in [4.78, 5) is 22.5. The number of non-ortho nitro benzene ring substituents is 1. The number of carbonyl (C=O) groups excluding carboxylic acids is 1. The summed E-state index contributed by atoms with van der Waals surface area (Å²) in [5.74, 6) is -0.583. The van der Waals surface area contributed by atoms with Gasteiger partial charge in [-0.3, -0.25) is 14.9 Å². The van der Waals surface area contributed by atoms with E-state index in [1.807, 2.05) is 37.3 Å². The third-order valence-electron chi connectivity index (χ3n) is 4.65. The van der Waals surface area contributed by atoms with Crippen molar-refractivity contribution in [1.82, 2.24) is 0 Å². The molecule has 0 bridgehead atoms. The summed E-state index contributed by atoms with van der Waals surface area (Å²) < 4.78 is 5.78. The largest absolute Gasteiger partial charge is 0.506 e. The first kappa shape index (κ1) is 22.1. The average molecular weight is 429 g/mol. The number of carbonyl (C=O) groups is 1. The van der Waals surface area contributed by atoms with Crippen LogP contribution in [0.3, 0.4) is 0 Å². The normalized spacial score (nSPS) is 10.8. The van der Waals surface area contributed by atoms with Gasteiger partial charge >= 0.3 is 0 Å². The van der Waals surface area contributed by atoms with Crippen LogP contribution in [0.25, 0.3) is 6.08 Å². The molecule has 0 saturated heterocycles. The number of amides is 1. The molecule has 0 saturated carbocycles. The number of hydrogen-bond donors (Lipinski definition) is 2. The Morgan fingerprint density at radius 1 is 1.19 bits per heavy atom. The van der Waals surface area contributed by atoms with Gasteiger partial charge in [-0.25, -0.2) is 0 Å². The third-order valence-corrected chi connectivity index (χ3v) is 4.65. The number of aromatic hydroxyl groups is 1. The van der Waals surface area contributed by atoms with Gasteiger partial charge in [-0.2, -0.15) is 5.26 Å². The molecule has 0 aliphatic rings. The first-order valence-corrected chi connectivity index (χ1v) is 9.55. The molecule has 0 aromatic heterocycles. The lowest BCUT2D eigenvalue weighted by molar-refractivity contribution is -0.384. The van der Waals surface area contributed by atoms with Crippen LogP contribution in [0.4, 0.5) is 11.4 Å². The van der Waals surface area contributed by atoms with E-state index in [-0.39, 0.29) is 16.9 Å². The average Bonchev–Trinajstić information content (AvgIpc) is 2.78. The van der Waals surface area contributed by atoms with Crippen LogP contribution in [0.15, 0.2) is 72.3 Å². The predicted molar refractivity (Wildman–Crippen MR) is 119 cm³/mol. The topological polar surface area (TPSA) is 125 Å². The van der Waals surface area contributed by atoms with Crippen LogP contribution in [-0.4, -0.2) is 15.9 Å². The SMILES string of the molecule is Cc1ccccc1COc1ccc(C=C(C#N)C(=O)Nc2ccc([N+](=O)[O-])cc2O)cc1. The minimum absolute atomic E-state index is 0.0401. The van der Waals surface area contributed by atoms with Crippen LogP contribution in [-0.2, 0) is 11.4 Å². The number of nitro benzene ring substituents is 1. The lowest BCUT2D eigenvalue weighted by Crippen LogP contribution is -2.13. The Morgan fingerprint density at radius 3 is 2.53 bits per heavy atom. The number of hydrogen-bond acceptors (Lipinski definition) is 6. The van der Waals surface area contributed by atoms with Gasteiger partial charge in [-0.1, -0.05) is 36.4 Å². The molecule has 0 aliphatic heterocycles. The zero-order valence-corrected chi connectivity index (χ0v) is 17.1. The monoisotopic (exact) mass is 429 g/mol. The summed E-state index contributed by atoms with van der Waals surface area (Å²) in [6.45, 7) is 2.43. The zero-order chi connectivity index (χ0) is 23.1. The summed E-state index contributed by atoms with van der Waals surface area (Å²) in [7, 11) is 0. The Kier molecular flexibility index (Phi) is 6.83. The van der Waals surface area contributed by atoms with E-state index < -0.39 is 16.6 Å². The van der Waals surface area contributed by atoms with Gasteiger partial charge in [0.25, 0.3) is 11.6 Å². The number of nitriles is 1. The van der Waals surface area contributed by atoms with Crippen molar-refractivity contribution in [1.29, 1.82) is 5.26 Å². The highest BCUT2D eigenvalue weighted by atomic mass is 16.6. The molecule has 8 heteroatoms. The number of benzene rings is 3. The fourth-order valence-electron chi connectivity index (χ4n) is 2.84. The van der Waals surface area contributed by atoms with Gasteiger partial charge in [0, 0.05) is 6.07 Å². The Balaban J connectivity index is 1.68. The van der Waals surface area contributed by atoms with Crippen LogP contribution < -0.4 is 10.1 Å². The molecular formula is C24H19N3O5. The molecule has 3 aromatic rings. The third kappa shape index (κ3) is 5.49. The van der Waals surface area contributed by atoms with E-state index in [0.717, 1.165) is 23.3 Å². The van der Waals surface area contributed by atoms with Gasteiger partial charge in [-0.15, -0.1) is 0 Å². The van der Waals surface area contributed by atoms with Crippen molar-refractivity contribution in [2.24, 2.45) is 0 Å². The zero-order valence-electron chi connectivity index (χ0n) is 17.1. The number of rotatable bonds is 7. The van der Waals surface area contributed by atoms with Gasteiger partial charge in [0.05, 0.1) is 16.7 Å². The molecule has 160 valence electrons. The lowest BCUT2D eigenvalue weighted by atomic mass is 10.1. The molecule has 0 fully saturated rings. The maximum absolute atomic E-state index is 12.4. The molecule has 0 radical (unpaired) electrons. The highest BCUT2D eigenvalue weighted by Crippen LogP contribution is 2.28. The quantitative estimate of drug-likeness (QED) is 0.184. The molecular weight excluding hydrogens is 410 g/mol. The second-order valence-electron chi connectivity index (χ2n) is 6.87. The number of ether oxygens (including phenoxy) is 1. The summed E-state index contributed by atoms with van der Waals surface area (Å²) >= 11 is 0. The van der Waals surface area contributed by atoms with Crippen molar-refractivity contribution < 1.29 is 19.6 Å². The number of phenolic OH excluding ortho intramolecular Hbond substituents is 1. The molecule has 0 spiro atoms. The number of phenols is 1. The standard InChI is InChI=1S/C24H19N3O5/c1-16-4-2-3-5-18(16)15-32-21-9-6-17(7-10-21)12-19(14-25)24(29)26-22-11-8-20(27(30)31)13-23(22)28/h2-13,28H,15H2,1H3,(H,26,29). The van der Waals surface area contributed by atoms with Gasteiger partial charge in [0.2, 0.25) is 0 Å². The molecule has 0 aliphatic carbocycles. The van der Waals surface area contributed by atoms with Crippen LogP contribution in [0.5, 0.6) is 11.5 Å². The molecule has 0 unspecified atom stereocenters. The molecule has 8 nitrogen and oxygen atoms in total. The first-order chi connectivity index (χ1) is 15.4. The summed E-state index contributed by atoms with van der Waals surface area (Å²) in [6, 6.07) is 19.9. The van der Waals surface area contributed by atoms with Gasteiger partial charge < -0.3 is 15.2 Å². The lowest BCUT2D eigenvalue weighted by Gasteiger charge is -2.09. The van der Waals surface area contributed by atoms with Crippen molar-refractivity contribution in [2.75, 3.05) is 5.32 Å². The van der Waals surface area contributed by atoms with E-state index >= 15 is 0 Å². The maximum atomic E-state index is 12.4. The van der Waals surface area contributed by atoms with E-state index in [2.05, 4.69) is 5.32 Å². The molecule has 3 rings (SSSR count). The number of nitrogens with zero attached hydrogens (tertiary/aromatic N) is 2. The smallest absolute Gasteiger partial charge is 0.273 e. The van der Waals surface area contributed by atoms with Crippen LogP contribution in [0, 0.1) is 28.4 Å². The molecule has 0 atom stereocenters. The molecule has 0 heterocycles. The van der Waals surface area contributed by atoms with Crippen LogP contribution >= 0.6 is 0 Å². The number of nitrogens with one attached hydrogen (secondary N) is 1. The van der Waals surface area contributed by atoms with Crippen molar-refractivity contribution in [3.05, 3.63) is 99.1 Å². The number of anilines is 1. The fourth-order valence-corrected chi connectivity index (χ4v) is 2.84. The van der Waals surface area contributed by atoms with Crippen molar-refractivity contribution in [3.8, 4) is 17.6 Å². The Labute approximate surface area is 184 Å². The second kappa shape index (κ2) is 9.91. The van der Waals surface area contributed by atoms with E-state index in [4.69, 9.17) is 4.74 Å². The van der Waals surface area contributed by atoms with Crippen molar-refractivity contribution in [2.45, 2.75) is 13.5 Å². The van der Waals surface area contributed by atoms with Gasteiger partial charge in [0.15, 0.2) is 0 Å². The Bertz CT molecular complexity index is 1230. The molecule has 1 amide bonds. The molecule has 2 N–H and O–H groups in total. The van der Waals surface area contributed by atoms with Gasteiger partial charge in [0.1, 0.15) is 29.7 Å². The highest BCUT2D eigenvalue weighted by Gasteiger charge is 2.15. The Morgan fingerprint density at radius 2 is 1.91 bits per heavy atom. The van der Waals surface area contributed by atoms with Crippen molar-refractivity contribution in [3.63, 3.8) is 0 Å². The maximum Gasteiger partial charge on any atom is 0.273 e. The van der Waals surface area contributed by atoms with Gasteiger partial charge in [-0.05, 0) is 47.9 Å². The molecule has 32 heavy (non-hydrogen) atoms. The highest BCUT2D eigenvalue weighted by molar-refractivity contribution is 6.10. The molecule has 3 aromatic carbocycles. The van der Waals surface area contributed by atoms with E-state index in [1.54, 1.807) is 24.3 Å².